The van der Waals surface area contributed by atoms with Crippen molar-refractivity contribution in [2.45, 2.75) is 69.6 Å². The number of amidine groups is 1. The predicted octanol–water partition coefficient (Wildman–Crippen LogP) is 3.34. The standard InChI is InChI=1S/C15H24N2OS/c1-3-15(4-2)13(18)17-14(19-15)16-12-10-6-5-7-11(12)9-8-10/h10-12H,3-9H2,1-2H3,(H,16,17,18). The molecule has 2 atom stereocenters. The number of fused-ring (bicyclic) bond motifs is 2. The minimum absolute atomic E-state index is 0.0770. The third-order valence-electron chi connectivity index (χ3n) is 5.39. The van der Waals surface area contributed by atoms with E-state index < -0.39 is 0 Å². The molecule has 0 aromatic carbocycles. The average Bonchev–Trinajstić information content (AvgIpc) is 2.83. The summed E-state index contributed by atoms with van der Waals surface area (Å²) in [6.45, 7) is 4.19. The number of hydrogen-bond acceptors (Lipinski definition) is 3. The van der Waals surface area contributed by atoms with Gasteiger partial charge in [0, 0.05) is 6.04 Å². The second kappa shape index (κ2) is 5.12. The van der Waals surface area contributed by atoms with E-state index in [1.165, 1.54) is 32.1 Å². The van der Waals surface area contributed by atoms with Crippen molar-refractivity contribution in [3.05, 3.63) is 0 Å². The van der Waals surface area contributed by atoms with Crippen LogP contribution in [0.2, 0.25) is 0 Å². The minimum atomic E-state index is -0.282. The summed E-state index contributed by atoms with van der Waals surface area (Å²) in [7, 11) is 0. The summed E-state index contributed by atoms with van der Waals surface area (Å²) >= 11 is 1.68. The van der Waals surface area contributed by atoms with Crippen LogP contribution >= 0.6 is 11.8 Å². The Labute approximate surface area is 120 Å². The molecule has 0 radical (unpaired) electrons. The largest absolute Gasteiger partial charge is 0.361 e. The van der Waals surface area contributed by atoms with Crippen LogP contribution in [0.15, 0.2) is 4.99 Å². The summed E-state index contributed by atoms with van der Waals surface area (Å²) in [5, 5.41) is 4.53. The van der Waals surface area contributed by atoms with Crippen molar-refractivity contribution in [2.24, 2.45) is 16.8 Å². The van der Waals surface area contributed by atoms with Gasteiger partial charge in [-0.3, -0.25) is 4.79 Å². The molecule has 0 saturated heterocycles. The molecule has 0 aromatic heterocycles. The van der Waals surface area contributed by atoms with Crippen molar-refractivity contribution < 1.29 is 4.79 Å². The van der Waals surface area contributed by atoms with Gasteiger partial charge in [-0.2, -0.15) is 4.99 Å². The number of aliphatic imine (C=N–C) groups is 1. The highest BCUT2D eigenvalue weighted by Gasteiger charge is 2.45. The van der Waals surface area contributed by atoms with Crippen LogP contribution < -0.4 is 5.32 Å². The normalized spacial score (nSPS) is 36.4. The van der Waals surface area contributed by atoms with Gasteiger partial charge in [-0.25, -0.2) is 0 Å². The summed E-state index contributed by atoms with van der Waals surface area (Å²) in [6, 6.07) is 0.581. The van der Waals surface area contributed by atoms with Gasteiger partial charge in [-0.05, 0) is 50.4 Å². The number of nitrogens with zero attached hydrogens (tertiary/aromatic N) is 1. The van der Waals surface area contributed by atoms with E-state index in [0.717, 1.165) is 29.8 Å². The van der Waals surface area contributed by atoms with E-state index in [4.69, 9.17) is 0 Å². The Morgan fingerprint density at radius 1 is 1.21 bits per heavy atom. The Balaban J connectivity index is 1.69. The maximum atomic E-state index is 12.1. The molecule has 0 spiro atoms. The highest BCUT2D eigenvalue weighted by atomic mass is 32.2. The molecule has 2 unspecified atom stereocenters. The van der Waals surface area contributed by atoms with E-state index in [9.17, 15) is 4.79 Å². The topological polar surface area (TPSA) is 41.5 Å². The first-order valence-corrected chi connectivity index (χ1v) is 8.59. The summed E-state index contributed by atoms with van der Waals surface area (Å²) in [4.78, 5) is 16.4. The zero-order valence-corrected chi connectivity index (χ0v) is 12.8. The Morgan fingerprint density at radius 3 is 2.37 bits per heavy atom. The van der Waals surface area contributed by atoms with E-state index in [2.05, 4.69) is 24.2 Å². The van der Waals surface area contributed by atoms with Crippen LogP contribution in [0.5, 0.6) is 0 Å². The van der Waals surface area contributed by atoms with Crippen molar-refractivity contribution in [3.8, 4) is 0 Å². The number of amides is 1. The number of thioether (sulfide) groups is 1. The molecule has 3 rings (SSSR count). The maximum Gasteiger partial charge on any atom is 0.264 e. The maximum absolute atomic E-state index is 12.1. The van der Waals surface area contributed by atoms with Crippen LogP contribution in [-0.4, -0.2) is 21.9 Å². The van der Waals surface area contributed by atoms with E-state index in [0.29, 0.717) is 6.04 Å². The van der Waals surface area contributed by atoms with Gasteiger partial charge in [0.15, 0.2) is 5.17 Å². The number of rotatable bonds is 3. The molecular weight excluding hydrogens is 256 g/mol. The first-order valence-electron chi connectivity index (χ1n) is 7.77. The molecule has 4 heteroatoms. The molecule has 1 amide bonds. The lowest BCUT2D eigenvalue weighted by atomic mass is 9.84. The molecule has 106 valence electrons. The van der Waals surface area contributed by atoms with Crippen molar-refractivity contribution in [3.63, 3.8) is 0 Å². The van der Waals surface area contributed by atoms with Crippen molar-refractivity contribution in [1.29, 1.82) is 0 Å². The molecular formula is C15H24N2OS. The highest BCUT2D eigenvalue weighted by Crippen LogP contribution is 2.44. The third-order valence-corrected chi connectivity index (χ3v) is 6.94. The van der Waals surface area contributed by atoms with Crippen LogP contribution in [0.4, 0.5) is 0 Å². The predicted molar refractivity (Wildman–Crippen MR) is 80.3 cm³/mol. The highest BCUT2D eigenvalue weighted by molar-refractivity contribution is 8.16. The van der Waals surface area contributed by atoms with Crippen LogP contribution in [0.1, 0.15) is 58.8 Å². The average molecular weight is 280 g/mol. The number of nitrogens with one attached hydrogen (secondary N) is 1. The molecule has 2 bridgehead atoms. The Hall–Kier alpha value is -0.510. The van der Waals surface area contributed by atoms with Gasteiger partial charge in [0.05, 0.1) is 0 Å². The zero-order chi connectivity index (χ0) is 13.5. The van der Waals surface area contributed by atoms with Gasteiger partial charge in [0.25, 0.3) is 5.91 Å². The van der Waals surface area contributed by atoms with Crippen LogP contribution in [0, 0.1) is 11.8 Å². The quantitative estimate of drug-likeness (QED) is 0.862. The van der Waals surface area contributed by atoms with Gasteiger partial charge in [-0.15, -0.1) is 0 Å². The summed E-state index contributed by atoms with van der Waals surface area (Å²) in [6.07, 6.45) is 8.57. The lowest BCUT2D eigenvalue weighted by Crippen LogP contribution is -2.42. The lowest BCUT2D eigenvalue weighted by Gasteiger charge is -2.31. The third kappa shape index (κ3) is 2.22. The summed E-state index contributed by atoms with van der Waals surface area (Å²) < 4.78 is -0.282. The summed E-state index contributed by atoms with van der Waals surface area (Å²) in [5.74, 6) is 1.71. The van der Waals surface area contributed by atoms with Crippen LogP contribution in [-0.2, 0) is 4.79 Å². The van der Waals surface area contributed by atoms with Gasteiger partial charge in [0.1, 0.15) is 4.75 Å². The van der Waals surface area contributed by atoms with Gasteiger partial charge < -0.3 is 5.32 Å². The second-order valence-corrected chi connectivity index (χ2v) is 7.60. The number of carbonyl (C=O) groups excluding carboxylic acids is 1. The Morgan fingerprint density at radius 2 is 1.84 bits per heavy atom. The molecule has 3 aliphatic rings. The second-order valence-electron chi connectivity index (χ2n) is 6.22. The molecule has 2 aliphatic carbocycles. The molecule has 1 N–H and O–H groups in total. The zero-order valence-electron chi connectivity index (χ0n) is 11.9. The van der Waals surface area contributed by atoms with Gasteiger partial charge in [-0.1, -0.05) is 32.0 Å². The Kier molecular flexibility index (Phi) is 3.63. The molecule has 2 saturated carbocycles. The van der Waals surface area contributed by atoms with Crippen LogP contribution in [0.25, 0.3) is 0 Å². The van der Waals surface area contributed by atoms with E-state index in [1.54, 1.807) is 11.8 Å². The van der Waals surface area contributed by atoms with Crippen molar-refractivity contribution >= 4 is 22.8 Å². The Bertz CT molecular complexity index is 387. The smallest absolute Gasteiger partial charge is 0.264 e. The monoisotopic (exact) mass is 280 g/mol. The molecule has 19 heavy (non-hydrogen) atoms. The fraction of sp³-hybridized carbons (Fsp3) is 0.867. The first kappa shape index (κ1) is 13.5. The summed E-state index contributed by atoms with van der Waals surface area (Å²) in [5.41, 5.74) is 0. The lowest BCUT2D eigenvalue weighted by molar-refractivity contribution is -0.119. The molecule has 1 heterocycles. The fourth-order valence-electron chi connectivity index (χ4n) is 4.04. The molecule has 0 aromatic rings. The SMILES string of the molecule is CCC1(CC)SC(NC2C3CCCC2CC3)=NC1=O. The molecule has 1 aliphatic heterocycles. The number of hydrogen-bond donors (Lipinski definition) is 1. The van der Waals surface area contributed by atoms with Crippen molar-refractivity contribution in [1.82, 2.24) is 5.32 Å². The van der Waals surface area contributed by atoms with Gasteiger partial charge in [0.2, 0.25) is 0 Å². The van der Waals surface area contributed by atoms with Crippen LogP contribution in [0.3, 0.4) is 0 Å². The molecule has 2 fully saturated rings. The van der Waals surface area contributed by atoms with Gasteiger partial charge >= 0.3 is 0 Å². The first-order chi connectivity index (χ1) is 9.18. The fourth-order valence-corrected chi connectivity index (χ4v) is 5.16. The van der Waals surface area contributed by atoms with Crippen molar-refractivity contribution in [2.75, 3.05) is 0 Å². The van der Waals surface area contributed by atoms with E-state index in [1.807, 2.05) is 0 Å². The van der Waals surface area contributed by atoms with E-state index >= 15 is 0 Å². The molecule has 3 nitrogen and oxygen atoms in total. The minimum Gasteiger partial charge on any atom is -0.361 e. The van der Waals surface area contributed by atoms with E-state index in [-0.39, 0.29) is 10.7 Å². The number of carbonyl (C=O) groups is 1.